The lowest BCUT2D eigenvalue weighted by atomic mass is 10.1. The Bertz CT molecular complexity index is 406. The molecule has 1 aromatic rings. The molecule has 5 nitrogen and oxygen atoms in total. The minimum atomic E-state index is -0.931. The van der Waals surface area contributed by atoms with E-state index in [-0.39, 0.29) is 12.3 Å². The first-order valence-electron chi connectivity index (χ1n) is 6.34. The first-order valence-corrected chi connectivity index (χ1v) is 6.34. The van der Waals surface area contributed by atoms with Gasteiger partial charge in [0, 0.05) is 13.0 Å². The minimum absolute atomic E-state index is 0.113. The SMILES string of the molecule is CN[C@@H](CCC(=O)NCCc1ccccc1)C(=O)O. The van der Waals surface area contributed by atoms with Crippen LogP contribution in [0.3, 0.4) is 0 Å². The van der Waals surface area contributed by atoms with Gasteiger partial charge in [-0.25, -0.2) is 0 Å². The van der Waals surface area contributed by atoms with Crippen LogP contribution in [0.5, 0.6) is 0 Å². The molecule has 0 aliphatic heterocycles. The fourth-order valence-electron chi connectivity index (χ4n) is 1.75. The number of nitrogens with one attached hydrogen (secondary N) is 2. The standard InChI is InChI=1S/C14H20N2O3/c1-15-12(14(18)19)7-8-13(17)16-10-9-11-5-3-2-4-6-11/h2-6,12,15H,7-10H2,1H3,(H,16,17)(H,18,19)/t12-/m0/s1. The van der Waals surface area contributed by atoms with E-state index in [0.29, 0.717) is 13.0 Å². The van der Waals surface area contributed by atoms with Crippen molar-refractivity contribution >= 4 is 11.9 Å². The number of carbonyl (C=O) groups is 2. The molecule has 104 valence electrons. The van der Waals surface area contributed by atoms with Gasteiger partial charge in [-0.2, -0.15) is 0 Å². The maximum absolute atomic E-state index is 11.5. The van der Waals surface area contributed by atoms with Gasteiger partial charge in [-0.15, -0.1) is 0 Å². The van der Waals surface area contributed by atoms with Gasteiger partial charge in [-0.05, 0) is 25.5 Å². The maximum atomic E-state index is 11.5. The van der Waals surface area contributed by atoms with E-state index >= 15 is 0 Å². The molecule has 1 rings (SSSR count). The van der Waals surface area contributed by atoms with Crippen LogP contribution in [-0.2, 0) is 16.0 Å². The van der Waals surface area contributed by atoms with E-state index in [1.54, 1.807) is 7.05 Å². The lowest BCUT2D eigenvalue weighted by molar-refractivity contribution is -0.139. The molecule has 0 unspecified atom stereocenters. The molecular weight excluding hydrogens is 244 g/mol. The molecule has 5 heteroatoms. The third-order valence-electron chi connectivity index (χ3n) is 2.89. The van der Waals surface area contributed by atoms with Gasteiger partial charge in [0.1, 0.15) is 6.04 Å². The Kier molecular flexibility index (Phi) is 6.60. The van der Waals surface area contributed by atoms with Crippen LogP contribution in [0.25, 0.3) is 0 Å². The van der Waals surface area contributed by atoms with Crippen LogP contribution >= 0.6 is 0 Å². The van der Waals surface area contributed by atoms with E-state index in [0.717, 1.165) is 6.42 Å². The van der Waals surface area contributed by atoms with Crippen molar-refractivity contribution in [2.24, 2.45) is 0 Å². The Labute approximate surface area is 113 Å². The molecule has 0 spiro atoms. The minimum Gasteiger partial charge on any atom is -0.480 e. The molecule has 0 saturated carbocycles. The predicted molar refractivity (Wildman–Crippen MR) is 72.9 cm³/mol. The molecule has 3 N–H and O–H groups in total. The summed E-state index contributed by atoms with van der Waals surface area (Å²) >= 11 is 0. The molecule has 19 heavy (non-hydrogen) atoms. The van der Waals surface area contributed by atoms with Gasteiger partial charge in [-0.1, -0.05) is 30.3 Å². The number of hydrogen-bond acceptors (Lipinski definition) is 3. The van der Waals surface area contributed by atoms with E-state index in [9.17, 15) is 9.59 Å². The first-order chi connectivity index (χ1) is 9.13. The number of hydrogen-bond donors (Lipinski definition) is 3. The Balaban J connectivity index is 2.19. The van der Waals surface area contributed by atoms with Crippen molar-refractivity contribution in [3.63, 3.8) is 0 Å². The van der Waals surface area contributed by atoms with Crippen LogP contribution in [0.2, 0.25) is 0 Å². The number of likely N-dealkylation sites (N-methyl/N-ethyl adjacent to an activating group) is 1. The monoisotopic (exact) mass is 264 g/mol. The van der Waals surface area contributed by atoms with E-state index < -0.39 is 12.0 Å². The average Bonchev–Trinajstić information content (AvgIpc) is 2.40. The van der Waals surface area contributed by atoms with Crippen molar-refractivity contribution in [1.29, 1.82) is 0 Å². The number of aliphatic carboxylic acids is 1. The number of carboxylic acids is 1. The van der Waals surface area contributed by atoms with E-state index in [1.807, 2.05) is 30.3 Å². The van der Waals surface area contributed by atoms with Crippen molar-refractivity contribution < 1.29 is 14.7 Å². The topological polar surface area (TPSA) is 78.4 Å². The lowest BCUT2D eigenvalue weighted by Gasteiger charge is -2.10. The van der Waals surface area contributed by atoms with Crippen molar-refractivity contribution in [1.82, 2.24) is 10.6 Å². The highest BCUT2D eigenvalue weighted by atomic mass is 16.4. The number of benzene rings is 1. The molecule has 0 heterocycles. The largest absolute Gasteiger partial charge is 0.480 e. The van der Waals surface area contributed by atoms with Gasteiger partial charge in [0.2, 0.25) is 5.91 Å². The van der Waals surface area contributed by atoms with Crippen molar-refractivity contribution in [2.75, 3.05) is 13.6 Å². The molecule has 0 aliphatic carbocycles. The molecule has 1 amide bonds. The summed E-state index contributed by atoms with van der Waals surface area (Å²) in [5.74, 6) is -1.04. The molecule has 0 aliphatic rings. The number of rotatable bonds is 8. The zero-order valence-corrected chi connectivity index (χ0v) is 11.1. The summed E-state index contributed by atoms with van der Waals surface area (Å²) in [6.45, 7) is 0.570. The van der Waals surface area contributed by atoms with Crippen molar-refractivity contribution in [3.8, 4) is 0 Å². The van der Waals surface area contributed by atoms with Gasteiger partial charge in [0.15, 0.2) is 0 Å². The number of carbonyl (C=O) groups excluding carboxylic acids is 1. The van der Waals surface area contributed by atoms with Crippen molar-refractivity contribution in [3.05, 3.63) is 35.9 Å². The lowest BCUT2D eigenvalue weighted by Crippen LogP contribution is -2.35. The van der Waals surface area contributed by atoms with Gasteiger partial charge in [-0.3, -0.25) is 9.59 Å². The van der Waals surface area contributed by atoms with Crippen LogP contribution in [-0.4, -0.2) is 36.6 Å². The smallest absolute Gasteiger partial charge is 0.320 e. The Morgan fingerprint density at radius 2 is 1.95 bits per heavy atom. The van der Waals surface area contributed by atoms with Crippen LogP contribution in [0.15, 0.2) is 30.3 Å². The highest BCUT2D eigenvalue weighted by Gasteiger charge is 2.15. The second-order valence-electron chi connectivity index (χ2n) is 4.30. The third-order valence-corrected chi connectivity index (χ3v) is 2.89. The summed E-state index contributed by atoms with van der Waals surface area (Å²) in [5.41, 5.74) is 1.17. The highest BCUT2D eigenvalue weighted by molar-refractivity contribution is 5.78. The molecule has 0 fully saturated rings. The zero-order valence-electron chi connectivity index (χ0n) is 11.1. The Hall–Kier alpha value is -1.88. The second-order valence-corrected chi connectivity index (χ2v) is 4.30. The van der Waals surface area contributed by atoms with Gasteiger partial charge in [0.25, 0.3) is 0 Å². The summed E-state index contributed by atoms with van der Waals surface area (Å²) in [6.07, 6.45) is 1.29. The fourth-order valence-corrected chi connectivity index (χ4v) is 1.75. The quantitative estimate of drug-likeness (QED) is 0.649. The molecule has 0 aromatic heterocycles. The van der Waals surface area contributed by atoms with Gasteiger partial charge >= 0.3 is 5.97 Å². The summed E-state index contributed by atoms with van der Waals surface area (Å²) in [6, 6.07) is 9.22. The molecule has 1 atom stereocenters. The Morgan fingerprint density at radius 3 is 2.53 bits per heavy atom. The Morgan fingerprint density at radius 1 is 1.26 bits per heavy atom. The van der Waals surface area contributed by atoms with E-state index in [1.165, 1.54) is 5.56 Å². The highest BCUT2D eigenvalue weighted by Crippen LogP contribution is 2.00. The maximum Gasteiger partial charge on any atom is 0.320 e. The molecule has 0 radical (unpaired) electrons. The summed E-state index contributed by atoms with van der Waals surface area (Å²) in [4.78, 5) is 22.3. The molecule has 1 aromatic carbocycles. The average molecular weight is 264 g/mol. The van der Waals surface area contributed by atoms with Crippen LogP contribution in [0, 0.1) is 0 Å². The third kappa shape index (κ3) is 6.01. The van der Waals surface area contributed by atoms with Crippen LogP contribution in [0.4, 0.5) is 0 Å². The fraction of sp³-hybridized carbons (Fsp3) is 0.429. The number of amides is 1. The second kappa shape index (κ2) is 8.26. The zero-order chi connectivity index (χ0) is 14.1. The van der Waals surface area contributed by atoms with Crippen LogP contribution < -0.4 is 10.6 Å². The molecule has 0 saturated heterocycles. The van der Waals surface area contributed by atoms with E-state index in [2.05, 4.69) is 10.6 Å². The van der Waals surface area contributed by atoms with E-state index in [4.69, 9.17) is 5.11 Å². The van der Waals surface area contributed by atoms with Crippen LogP contribution in [0.1, 0.15) is 18.4 Å². The molecular formula is C14H20N2O3. The predicted octanol–water partition coefficient (Wildman–Crippen LogP) is 0.798. The van der Waals surface area contributed by atoms with Gasteiger partial charge in [0.05, 0.1) is 0 Å². The summed E-state index contributed by atoms with van der Waals surface area (Å²) in [5, 5.41) is 14.3. The number of carboxylic acid groups (broad SMARTS) is 1. The summed E-state index contributed by atoms with van der Waals surface area (Å²) < 4.78 is 0. The normalized spacial score (nSPS) is 11.8. The van der Waals surface area contributed by atoms with Gasteiger partial charge < -0.3 is 15.7 Å². The summed E-state index contributed by atoms with van der Waals surface area (Å²) in [7, 11) is 1.58. The first kappa shape index (κ1) is 15.2. The van der Waals surface area contributed by atoms with Crippen molar-refractivity contribution in [2.45, 2.75) is 25.3 Å². The molecule has 0 bridgehead atoms.